The Labute approximate surface area is 87.6 Å². The van der Waals surface area contributed by atoms with Gasteiger partial charge in [0, 0.05) is 11.6 Å². The Kier molecular flexibility index (Phi) is 2.56. The molecule has 0 spiro atoms. The van der Waals surface area contributed by atoms with Crippen LogP contribution in [0.4, 0.5) is 0 Å². The monoisotopic (exact) mass is 203 g/mol. The van der Waals surface area contributed by atoms with Crippen molar-refractivity contribution in [3.63, 3.8) is 0 Å². The molecule has 0 aliphatic rings. The van der Waals surface area contributed by atoms with Crippen molar-refractivity contribution in [3.8, 4) is 0 Å². The number of aromatic nitrogens is 1. The predicted molar refractivity (Wildman–Crippen MR) is 59.9 cm³/mol. The van der Waals surface area contributed by atoms with Crippen molar-refractivity contribution in [2.24, 2.45) is 0 Å². The molecule has 3 heteroatoms. The number of benzene rings is 1. The van der Waals surface area contributed by atoms with E-state index in [-0.39, 0.29) is 5.56 Å². The smallest absolute Gasteiger partial charge is 0.258 e. The zero-order chi connectivity index (χ0) is 10.8. The predicted octanol–water partition coefficient (Wildman–Crippen LogP) is 1.38. The molecule has 0 unspecified atom stereocenters. The highest BCUT2D eigenvalue weighted by Gasteiger charge is 2.03. The molecule has 0 radical (unpaired) electrons. The molecule has 15 heavy (non-hydrogen) atoms. The van der Waals surface area contributed by atoms with Gasteiger partial charge in [0.1, 0.15) is 0 Å². The molecule has 0 saturated carbocycles. The quantitative estimate of drug-likeness (QED) is 0.801. The van der Waals surface area contributed by atoms with Crippen molar-refractivity contribution in [1.82, 2.24) is 4.57 Å². The summed E-state index contributed by atoms with van der Waals surface area (Å²) in [6.45, 7) is 2.01. The number of aliphatic hydroxyl groups is 1. The van der Waals surface area contributed by atoms with Crippen LogP contribution in [0.2, 0.25) is 0 Å². The van der Waals surface area contributed by atoms with E-state index < -0.39 is 6.10 Å². The van der Waals surface area contributed by atoms with E-state index >= 15 is 0 Å². The first-order valence-electron chi connectivity index (χ1n) is 4.95. The van der Waals surface area contributed by atoms with E-state index in [4.69, 9.17) is 0 Å². The number of fused-ring (bicyclic) bond motifs is 1. The summed E-state index contributed by atoms with van der Waals surface area (Å²) >= 11 is 0. The Morgan fingerprint density at radius 1 is 1.33 bits per heavy atom. The third-order valence-corrected chi connectivity index (χ3v) is 2.35. The first-order valence-corrected chi connectivity index (χ1v) is 4.95. The number of rotatable bonds is 2. The van der Waals surface area contributed by atoms with E-state index in [9.17, 15) is 9.90 Å². The normalized spacial score (nSPS) is 12.9. The molecule has 1 aromatic carbocycles. The molecule has 3 nitrogen and oxygen atoms in total. The van der Waals surface area contributed by atoms with Crippen LogP contribution < -0.4 is 5.56 Å². The summed E-state index contributed by atoms with van der Waals surface area (Å²) in [5.74, 6) is 0. The zero-order valence-electron chi connectivity index (χ0n) is 8.55. The zero-order valence-corrected chi connectivity index (χ0v) is 8.55. The molecule has 0 saturated heterocycles. The van der Waals surface area contributed by atoms with Crippen LogP contribution in [0.25, 0.3) is 10.8 Å². The SMILES string of the molecule is C[C@H](O)Cn1ccc2ccccc2c1=O. The lowest BCUT2D eigenvalue weighted by Gasteiger charge is -2.08. The summed E-state index contributed by atoms with van der Waals surface area (Å²) in [7, 11) is 0. The minimum atomic E-state index is -0.510. The van der Waals surface area contributed by atoms with Crippen molar-refractivity contribution < 1.29 is 5.11 Å². The van der Waals surface area contributed by atoms with E-state index in [2.05, 4.69) is 0 Å². The first kappa shape index (κ1) is 9.93. The largest absolute Gasteiger partial charge is 0.392 e. The van der Waals surface area contributed by atoms with Crippen LogP contribution in [0.5, 0.6) is 0 Å². The van der Waals surface area contributed by atoms with Crippen LogP contribution in [0.1, 0.15) is 6.92 Å². The van der Waals surface area contributed by atoms with Crippen LogP contribution in [-0.2, 0) is 6.54 Å². The van der Waals surface area contributed by atoms with Crippen LogP contribution >= 0.6 is 0 Å². The maximum absolute atomic E-state index is 11.9. The van der Waals surface area contributed by atoms with Gasteiger partial charge in [-0.2, -0.15) is 0 Å². The van der Waals surface area contributed by atoms with Crippen LogP contribution in [0, 0.1) is 0 Å². The Bertz CT molecular complexity index is 528. The molecular weight excluding hydrogens is 190 g/mol. The van der Waals surface area contributed by atoms with Crippen molar-refractivity contribution in [2.75, 3.05) is 0 Å². The third kappa shape index (κ3) is 1.92. The second kappa shape index (κ2) is 3.87. The number of hydrogen-bond acceptors (Lipinski definition) is 2. The molecule has 0 amide bonds. The van der Waals surface area contributed by atoms with Crippen LogP contribution in [0.15, 0.2) is 41.3 Å². The Morgan fingerprint density at radius 3 is 2.80 bits per heavy atom. The molecular formula is C12H13NO2. The lowest BCUT2D eigenvalue weighted by molar-refractivity contribution is 0.172. The van der Waals surface area contributed by atoms with Gasteiger partial charge in [-0.15, -0.1) is 0 Å². The maximum atomic E-state index is 11.9. The second-order valence-corrected chi connectivity index (χ2v) is 3.71. The highest BCUT2D eigenvalue weighted by atomic mass is 16.3. The molecule has 78 valence electrons. The Morgan fingerprint density at radius 2 is 2.07 bits per heavy atom. The molecule has 1 heterocycles. The van der Waals surface area contributed by atoms with E-state index in [0.29, 0.717) is 11.9 Å². The standard InChI is InChI=1S/C12H13NO2/c1-9(14)8-13-7-6-10-4-2-3-5-11(10)12(13)15/h2-7,9,14H,8H2,1H3/t9-/m0/s1. The lowest BCUT2D eigenvalue weighted by Crippen LogP contribution is -2.24. The molecule has 1 N–H and O–H groups in total. The number of aliphatic hydroxyl groups excluding tert-OH is 1. The maximum Gasteiger partial charge on any atom is 0.258 e. The molecule has 1 atom stereocenters. The average Bonchev–Trinajstić information content (AvgIpc) is 2.22. The average molecular weight is 203 g/mol. The van der Waals surface area contributed by atoms with E-state index in [1.807, 2.05) is 24.3 Å². The van der Waals surface area contributed by atoms with Crippen molar-refractivity contribution in [2.45, 2.75) is 19.6 Å². The summed E-state index contributed by atoms with van der Waals surface area (Å²) in [6.07, 6.45) is 1.21. The highest BCUT2D eigenvalue weighted by molar-refractivity contribution is 5.81. The fourth-order valence-electron chi connectivity index (χ4n) is 1.66. The minimum Gasteiger partial charge on any atom is -0.392 e. The molecule has 1 aromatic heterocycles. The summed E-state index contributed by atoms with van der Waals surface area (Å²) in [4.78, 5) is 11.9. The number of pyridine rings is 1. The number of hydrogen-bond donors (Lipinski definition) is 1. The van der Waals surface area contributed by atoms with Crippen molar-refractivity contribution in [3.05, 3.63) is 46.9 Å². The molecule has 0 aliphatic carbocycles. The van der Waals surface area contributed by atoms with E-state index in [1.165, 1.54) is 4.57 Å². The van der Waals surface area contributed by atoms with Crippen LogP contribution in [0.3, 0.4) is 0 Å². The minimum absolute atomic E-state index is 0.0472. The van der Waals surface area contributed by atoms with Gasteiger partial charge in [-0.1, -0.05) is 18.2 Å². The van der Waals surface area contributed by atoms with Gasteiger partial charge in [0.25, 0.3) is 5.56 Å². The summed E-state index contributed by atoms with van der Waals surface area (Å²) in [5, 5.41) is 10.9. The molecule has 2 aromatic rings. The first-order chi connectivity index (χ1) is 7.18. The van der Waals surface area contributed by atoms with Gasteiger partial charge >= 0.3 is 0 Å². The van der Waals surface area contributed by atoms with Gasteiger partial charge in [-0.25, -0.2) is 0 Å². The fourth-order valence-corrected chi connectivity index (χ4v) is 1.66. The van der Waals surface area contributed by atoms with Gasteiger partial charge in [0.15, 0.2) is 0 Å². The van der Waals surface area contributed by atoms with Gasteiger partial charge < -0.3 is 9.67 Å². The van der Waals surface area contributed by atoms with Gasteiger partial charge in [0.2, 0.25) is 0 Å². The second-order valence-electron chi connectivity index (χ2n) is 3.71. The Balaban J connectivity index is 2.60. The highest BCUT2D eigenvalue weighted by Crippen LogP contribution is 2.08. The third-order valence-electron chi connectivity index (χ3n) is 2.35. The van der Waals surface area contributed by atoms with E-state index in [1.54, 1.807) is 19.2 Å². The summed E-state index contributed by atoms with van der Waals surface area (Å²) in [6, 6.07) is 9.34. The van der Waals surface area contributed by atoms with Gasteiger partial charge in [-0.05, 0) is 24.4 Å². The molecule has 0 fully saturated rings. The summed E-state index contributed by atoms with van der Waals surface area (Å²) < 4.78 is 1.53. The van der Waals surface area contributed by atoms with Gasteiger partial charge in [-0.3, -0.25) is 4.79 Å². The molecule has 0 aliphatic heterocycles. The lowest BCUT2D eigenvalue weighted by atomic mass is 10.2. The fraction of sp³-hybridized carbons (Fsp3) is 0.250. The molecule has 0 bridgehead atoms. The van der Waals surface area contributed by atoms with Crippen LogP contribution in [-0.4, -0.2) is 15.8 Å². The van der Waals surface area contributed by atoms with Gasteiger partial charge in [0.05, 0.1) is 12.6 Å². The topological polar surface area (TPSA) is 42.2 Å². The summed E-state index contributed by atoms with van der Waals surface area (Å²) in [5.41, 5.74) is -0.0472. The number of nitrogens with zero attached hydrogens (tertiary/aromatic N) is 1. The van der Waals surface area contributed by atoms with Crippen molar-refractivity contribution >= 4 is 10.8 Å². The molecule has 2 rings (SSSR count). The van der Waals surface area contributed by atoms with E-state index in [0.717, 1.165) is 5.39 Å². The van der Waals surface area contributed by atoms with Crippen molar-refractivity contribution in [1.29, 1.82) is 0 Å². The Hall–Kier alpha value is -1.61.